The van der Waals surface area contributed by atoms with Crippen LogP contribution in [-0.2, 0) is 6.42 Å². The van der Waals surface area contributed by atoms with Gasteiger partial charge in [-0.15, -0.1) is 0 Å². The minimum absolute atomic E-state index is 0.0542. The van der Waals surface area contributed by atoms with Crippen LogP contribution in [0.3, 0.4) is 0 Å². The van der Waals surface area contributed by atoms with E-state index in [1.165, 1.54) is 16.6 Å². The molecule has 1 aliphatic heterocycles. The molecule has 3 aromatic rings. The molecule has 0 aliphatic carbocycles. The van der Waals surface area contributed by atoms with E-state index >= 15 is 0 Å². The van der Waals surface area contributed by atoms with Crippen LogP contribution >= 0.6 is 27.5 Å². The van der Waals surface area contributed by atoms with Crippen LogP contribution in [0, 0.1) is 0 Å². The second kappa shape index (κ2) is 5.86. The number of H-pyrrole nitrogens is 1. The van der Waals surface area contributed by atoms with Crippen LogP contribution in [0.5, 0.6) is 5.75 Å². The molecular weight excluding hydrogens is 376 g/mol. The third-order valence-electron chi connectivity index (χ3n) is 4.42. The molecule has 5 heteroatoms. The summed E-state index contributed by atoms with van der Waals surface area (Å²) in [6.07, 6.45) is 1.01. The van der Waals surface area contributed by atoms with Crippen molar-refractivity contribution in [2.24, 2.45) is 0 Å². The topological polar surface area (TPSA) is 37.0 Å². The summed E-state index contributed by atoms with van der Waals surface area (Å²) in [6, 6.07) is 12.2. The highest BCUT2D eigenvalue weighted by molar-refractivity contribution is 9.10. The number of halogens is 2. The van der Waals surface area contributed by atoms with Gasteiger partial charge in [0.2, 0.25) is 0 Å². The number of hydrogen-bond donors (Lipinski definition) is 2. The number of aromatic nitrogens is 1. The van der Waals surface area contributed by atoms with E-state index in [1.54, 1.807) is 7.11 Å². The van der Waals surface area contributed by atoms with Crippen molar-refractivity contribution in [1.29, 1.82) is 0 Å². The van der Waals surface area contributed by atoms with Crippen LogP contribution in [-0.4, -0.2) is 18.6 Å². The van der Waals surface area contributed by atoms with Crippen molar-refractivity contribution in [3.8, 4) is 5.75 Å². The van der Waals surface area contributed by atoms with Gasteiger partial charge in [0, 0.05) is 38.2 Å². The number of ether oxygens (including phenoxy) is 1. The lowest BCUT2D eigenvalue weighted by Gasteiger charge is -2.26. The lowest BCUT2D eigenvalue weighted by atomic mass is 9.94. The number of aromatic amines is 1. The van der Waals surface area contributed by atoms with E-state index in [9.17, 15) is 0 Å². The Hall–Kier alpha value is -1.49. The Morgan fingerprint density at radius 1 is 1.22 bits per heavy atom. The van der Waals surface area contributed by atoms with Crippen molar-refractivity contribution in [1.82, 2.24) is 10.3 Å². The van der Waals surface area contributed by atoms with E-state index in [2.05, 4.69) is 44.4 Å². The molecule has 0 bridgehead atoms. The van der Waals surface area contributed by atoms with E-state index < -0.39 is 0 Å². The zero-order chi connectivity index (χ0) is 16.0. The molecule has 3 nitrogen and oxygen atoms in total. The van der Waals surface area contributed by atoms with Crippen molar-refractivity contribution < 1.29 is 4.74 Å². The normalized spacial score (nSPS) is 17.3. The van der Waals surface area contributed by atoms with E-state index in [4.69, 9.17) is 16.3 Å². The predicted molar refractivity (Wildman–Crippen MR) is 97.6 cm³/mol. The SMILES string of the molecule is COc1ccc(Cl)cc1C1NCCc2c1[nH]c1ccc(Br)cc21. The molecule has 4 rings (SSSR count). The Kier molecular flexibility index (Phi) is 3.84. The number of fused-ring (bicyclic) bond motifs is 3. The van der Waals surface area contributed by atoms with Gasteiger partial charge >= 0.3 is 0 Å². The molecule has 2 aromatic carbocycles. The largest absolute Gasteiger partial charge is 0.496 e. The van der Waals surface area contributed by atoms with Crippen LogP contribution in [0.25, 0.3) is 10.9 Å². The first-order chi connectivity index (χ1) is 11.2. The number of nitrogens with one attached hydrogen (secondary N) is 2. The fourth-order valence-electron chi connectivity index (χ4n) is 3.40. The van der Waals surface area contributed by atoms with Crippen LogP contribution in [0.15, 0.2) is 40.9 Å². The van der Waals surface area contributed by atoms with Crippen LogP contribution in [0.2, 0.25) is 5.02 Å². The molecule has 0 amide bonds. The highest BCUT2D eigenvalue weighted by atomic mass is 79.9. The van der Waals surface area contributed by atoms with Gasteiger partial charge in [-0.05, 0) is 48.4 Å². The summed E-state index contributed by atoms with van der Waals surface area (Å²) in [6.45, 7) is 0.923. The summed E-state index contributed by atoms with van der Waals surface area (Å²) < 4.78 is 6.64. The Balaban J connectivity index is 1.91. The summed E-state index contributed by atoms with van der Waals surface area (Å²) in [5.74, 6) is 0.847. The standard InChI is InChI=1S/C18H16BrClN2O/c1-23-16-5-3-11(20)9-14(16)17-18-12(6-7-21-17)13-8-10(19)2-4-15(13)22-18/h2-5,8-9,17,21-22H,6-7H2,1H3. The third-order valence-corrected chi connectivity index (χ3v) is 5.14. The monoisotopic (exact) mass is 390 g/mol. The smallest absolute Gasteiger partial charge is 0.124 e. The summed E-state index contributed by atoms with van der Waals surface area (Å²) in [4.78, 5) is 3.58. The first-order valence-electron chi connectivity index (χ1n) is 7.54. The zero-order valence-corrected chi connectivity index (χ0v) is 15.0. The maximum atomic E-state index is 6.22. The Labute approximate surface area is 148 Å². The maximum Gasteiger partial charge on any atom is 0.124 e. The molecule has 23 heavy (non-hydrogen) atoms. The van der Waals surface area contributed by atoms with Gasteiger partial charge in [0.05, 0.1) is 13.2 Å². The average molecular weight is 392 g/mol. The number of hydrogen-bond acceptors (Lipinski definition) is 2. The van der Waals surface area contributed by atoms with Gasteiger partial charge in [-0.25, -0.2) is 0 Å². The van der Waals surface area contributed by atoms with Gasteiger partial charge in [0.25, 0.3) is 0 Å². The highest BCUT2D eigenvalue weighted by Gasteiger charge is 2.27. The lowest BCUT2D eigenvalue weighted by molar-refractivity contribution is 0.402. The van der Waals surface area contributed by atoms with Gasteiger partial charge in [-0.1, -0.05) is 27.5 Å². The number of benzene rings is 2. The molecule has 118 valence electrons. The Morgan fingerprint density at radius 2 is 2.09 bits per heavy atom. The zero-order valence-electron chi connectivity index (χ0n) is 12.6. The van der Waals surface area contributed by atoms with Crippen LogP contribution in [0.4, 0.5) is 0 Å². The molecule has 0 saturated carbocycles. The molecule has 1 aromatic heterocycles. The van der Waals surface area contributed by atoms with Crippen molar-refractivity contribution in [2.75, 3.05) is 13.7 Å². The van der Waals surface area contributed by atoms with Crippen molar-refractivity contribution in [3.63, 3.8) is 0 Å². The van der Waals surface area contributed by atoms with Crippen molar-refractivity contribution in [3.05, 3.63) is 62.7 Å². The van der Waals surface area contributed by atoms with E-state index in [1.807, 2.05) is 18.2 Å². The van der Waals surface area contributed by atoms with Crippen LogP contribution in [0.1, 0.15) is 22.9 Å². The molecule has 1 atom stereocenters. The summed E-state index contributed by atoms with van der Waals surface area (Å²) in [5.41, 5.74) is 4.79. The molecule has 0 fully saturated rings. The molecule has 2 heterocycles. The second-order valence-electron chi connectivity index (χ2n) is 5.73. The first kappa shape index (κ1) is 15.1. The minimum Gasteiger partial charge on any atom is -0.496 e. The average Bonchev–Trinajstić information content (AvgIpc) is 2.92. The van der Waals surface area contributed by atoms with Gasteiger partial charge in [-0.3, -0.25) is 0 Å². The number of methoxy groups -OCH3 is 1. The van der Waals surface area contributed by atoms with Gasteiger partial charge in [-0.2, -0.15) is 0 Å². The predicted octanol–water partition coefficient (Wildman–Crippen LogP) is 4.83. The molecular formula is C18H16BrClN2O. The van der Waals surface area contributed by atoms with Crippen molar-refractivity contribution in [2.45, 2.75) is 12.5 Å². The Morgan fingerprint density at radius 3 is 2.91 bits per heavy atom. The number of rotatable bonds is 2. The van der Waals surface area contributed by atoms with Crippen LogP contribution < -0.4 is 10.1 Å². The maximum absolute atomic E-state index is 6.22. The molecule has 0 radical (unpaired) electrons. The highest BCUT2D eigenvalue weighted by Crippen LogP contribution is 2.38. The fraction of sp³-hybridized carbons (Fsp3) is 0.222. The molecule has 0 saturated heterocycles. The third kappa shape index (κ3) is 2.55. The van der Waals surface area contributed by atoms with Gasteiger partial charge < -0.3 is 15.0 Å². The minimum atomic E-state index is 0.0542. The fourth-order valence-corrected chi connectivity index (χ4v) is 3.94. The van der Waals surface area contributed by atoms with Crippen molar-refractivity contribution >= 4 is 38.4 Å². The lowest BCUT2D eigenvalue weighted by Crippen LogP contribution is -2.30. The molecule has 1 aliphatic rings. The summed E-state index contributed by atoms with van der Waals surface area (Å²) >= 11 is 9.79. The van der Waals surface area contributed by atoms with Gasteiger partial charge in [0.15, 0.2) is 0 Å². The summed E-state index contributed by atoms with van der Waals surface area (Å²) in [5, 5.41) is 5.58. The molecule has 1 unspecified atom stereocenters. The molecule has 0 spiro atoms. The van der Waals surface area contributed by atoms with E-state index in [0.29, 0.717) is 5.02 Å². The van der Waals surface area contributed by atoms with E-state index in [-0.39, 0.29) is 6.04 Å². The summed E-state index contributed by atoms with van der Waals surface area (Å²) in [7, 11) is 1.69. The second-order valence-corrected chi connectivity index (χ2v) is 7.08. The first-order valence-corrected chi connectivity index (χ1v) is 8.71. The van der Waals surface area contributed by atoms with E-state index in [0.717, 1.165) is 34.3 Å². The van der Waals surface area contributed by atoms with Gasteiger partial charge in [0.1, 0.15) is 5.75 Å². The Bertz CT molecular complexity index is 890. The molecule has 2 N–H and O–H groups in total. The quantitative estimate of drug-likeness (QED) is 0.656.